The van der Waals surface area contributed by atoms with E-state index in [9.17, 15) is 4.79 Å². The molecule has 2 N–H and O–H groups in total. The SMILES string of the molecule is CI.O=C(O)N1C2CCC1CNC2. The van der Waals surface area contributed by atoms with Gasteiger partial charge in [-0.05, 0) is 17.8 Å². The summed E-state index contributed by atoms with van der Waals surface area (Å²) in [6.07, 6.45) is 1.31. The van der Waals surface area contributed by atoms with E-state index in [0.717, 1.165) is 25.9 Å². The van der Waals surface area contributed by atoms with Crippen LogP contribution in [0.5, 0.6) is 0 Å². The summed E-state index contributed by atoms with van der Waals surface area (Å²) in [5.41, 5.74) is 0. The van der Waals surface area contributed by atoms with E-state index in [4.69, 9.17) is 5.11 Å². The van der Waals surface area contributed by atoms with Crippen LogP contribution in [0.15, 0.2) is 0 Å². The molecule has 0 spiro atoms. The molecule has 76 valence electrons. The molecule has 2 atom stereocenters. The molecular formula is C8H15IN2O2. The molecule has 0 aromatic carbocycles. The van der Waals surface area contributed by atoms with Gasteiger partial charge in [0.2, 0.25) is 0 Å². The number of fused-ring (bicyclic) bond motifs is 2. The van der Waals surface area contributed by atoms with Gasteiger partial charge in [0.1, 0.15) is 0 Å². The molecule has 13 heavy (non-hydrogen) atoms. The molecule has 2 saturated heterocycles. The third-order valence-corrected chi connectivity index (χ3v) is 2.60. The molecule has 2 fully saturated rings. The Labute approximate surface area is 91.8 Å². The van der Waals surface area contributed by atoms with E-state index in [1.165, 1.54) is 0 Å². The van der Waals surface area contributed by atoms with Gasteiger partial charge >= 0.3 is 6.09 Å². The van der Waals surface area contributed by atoms with Gasteiger partial charge in [0.25, 0.3) is 0 Å². The average Bonchev–Trinajstić information content (AvgIpc) is 2.41. The van der Waals surface area contributed by atoms with Crippen molar-refractivity contribution in [1.82, 2.24) is 10.2 Å². The standard InChI is InChI=1S/C7H12N2O2.CH3I/c10-7(11)9-5-1-2-6(9)4-8-3-5;1-2/h5-6,8H,1-4H2,(H,10,11);1H3. The van der Waals surface area contributed by atoms with Crippen LogP contribution >= 0.6 is 22.6 Å². The van der Waals surface area contributed by atoms with Crippen LogP contribution in [0.3, 0.4) is 0 Å². The third-order valence-electron chi connectivity index (χ3n) is 2.60. The molecular weight excluding hydrogens is 283 g/mol. The van der Waals surface area contributed by atoms with Gasteiger partial charge in [-0.25, -0.2) is 4.79 Å². The average molecular weight is 298 g/mol. The maximum atomic E-state index is 10.7. The molecule has 4 nitrogen and oxygen atoms in total. The summed E-state index contributed by atoms with van der Waals surface area (Å²) in [5, 5.41) is 12.0. The lowest BCUT2D eigenvalue weighted by molar-refractivity contribution is 0.109. The minimum absolute atomic E-state index is 0.242. The second-order valence-corrected chi connectivity index (χ2v) is 3.23. The second kappa shape index (κ2) is 4.99. The molecule has 2 aliphatic heterocycles. The van der Waals surface area contributed by atoms with E-state index in [1.807, 2.05) is 4.93 Å². The lowest BCUT2D eigenvalue weighted by Gasteiger charge is -2.32. The Morgan fingerprint density at radius 1 is 1.38 bits per heavy atom. The zero-order chi connectivity index (χ0) is 9.84. The first kappa shape index (κ1) is 11.0. The van der Waals surface area contributed by atoms with Crippen LogP contribution in [0, 0.1) is 0 Å². The summed E-state index contributed by atoms with van der Waals surface area (Å²) in [6.45, 7) is 1.67. The second-order valence-electron chi connectivity index (χ2n) is 3.23. The van der Waals surface area contributed by atoms with Crippen molar-refractivity contribution < 1.29 is 9.90 Å². The van der Waals surface area contributed by atoms with Crippen LogP contribution in [0.2, 0.25) is 0 Å². The zero-order valence-electron chi connectivity index (χ0n) is 7.66. The van der Waals surface area contributed by atoms with Crippen molar-refractivity contribution in [3.63, 3.8) is 0 Å². The van der Waals surface area contributed by atoms with E-state index < -0.39 is 6.09 Å². The molecule has 2 rings (SSSR count). The van der Waals surface area contributed by atoms with Crippen LogP contribution in [-0.2, 0) is 0 Å². The Morgan fingerprint density at radius 3 is 2.15 bits per heavy atom. The first-order valence-corrected chi connectivity index (χ1v) is 6.54. The predicted molar refractivity (Wildman–Crippen MR) is 59.5 cm³/mol. The number of rotatable bonds is 0. The molecule has 1 amide bonds. The highest BCUT2D eigenvalue weighted by Crippen LogP contribution is 2.25. The van der Waals surface area contributed by atoms with Crippen LogP contribution in [0.4, 0.5) is 4.79 Å². The van der Waals surface area contributed by atoms with Crippen LogP contribution in [-0.4, -0.2) is 46.2 Å². The Balaban J connectivity index is 0.000000396. The monoisotopic (exact) mass is 298 g/mol. The zero-order valence-corrected chi connectivity index (χ0v) is 9.82. The lowest BCUT2D eigenvalue weighted by atomic mass is 10.2. The minimum atomic E-state index is -0.751. The number of hydrogen-bond acceptors (Lipinski definition) is 2. The summed E-state index contributed by atoms with van der Waals surface area (Å²) in [7, 11) is 0. The van der Waals surface area contributed by atoms with Crippen molar-refractivity contribution in [2.24, 2.45) is 0 Å². The molecule has 2 unspecified atom stereocenters. The molecule has 0 aromatic rings. The van der Waals surface area contributed by atoms with Gasteiger partial charge in [-0.1, -0.05) is 22.6 Å². The highest BCUT2D eigenvalue weighted by Gasteiger charge is 2.39. The highest BCUT2D eigenvalue weighted by atomic mass is 127. The molecule has 0 aliphatic carbocycles. The Morgan fingerprint density at radius 2 is 1.85 bits per heavy atom. The van der Waals surface area contributed by atoms with Gasteiger partial charge < -0.3 is 10.4 Å². The van der Waals surface area contributed by atoms with Gasteiger partial charge in [0.15, 0.2) is 0 Å². The van der Waals surface area contributed by atoms with Gasteiger partial charge in [0, 0.05) is 25.2 Å². The maximum absolute atomic E-state index is 10.7. The number of hydrogen-bond donors (Lipinski definition) is 2. The van der Waals surface area contributed by atoms with E-state index in [2.05, 4.69) is 27.9 Å². The molecule has 2 heterocycles. The van der Waals surface area contributed by atoms with E-state index in [0.29, 0.717) is 0 Å². The number of piperazine rings is 1. The first-order chi connectivity index (χ1) is 6.29. The highest BCUT2D eigenvalue weighted by molar-refractivity contribution is 14.1. The van der Waals surface area contributed by atoms with Crippen molar-refractivity contribution in [1.29, 1.82) is 0 Å². The Kier molecular flexibility index (Phi) is 4.24. The smallest absolute Gasteiger partial charge is 0.407 e. The summed E-state index contributed by atoms with van der Waals surface area (Å²) < 4.78 is 0. The number of nitrogens with one attached hydrogen (secondary N) is 1. The predicted octanol–water partition coefficient (Wildman–Crippen LogP) is 1.15. The van der Waals surface area contributed by atoms with Crippen LogP contribution in [0.1, 0.15) is 12.8 Å². The fourth-order valence-corrected chi connectivity index (χ4v) is 2.09. The fraction of sp³-hybridized carbons (Fsp3) is 0.875. The quantitative estimate of drug-likeness (QED) is 0.521. The third kappa shape index (κ3) is 2.25. The topological polar surface area (TPSA) is 52.6 Å². The van der Waals surface area contributed by atoms with Crippen LogP contribution < -0.4 is 5.32 Å². The summed E-state index contributed by atoms with van der Waals surface area (Å²) in [6, 6.07) is 0.484. The number of amides is 1. The molecule has 0 saturated carbocycles. The summed E-state index contributed by atoms with van der Waals surface area (Å²) in [4.78, 5) is 14.3. The number of alkyl halides is 1. The number of nitrogens with zero attached hydrogens (tertiary/aromatic N) is 1. The number of halogens is 1. The Hall–Kier alpha value is -0.0400. The first-order valence-electron chi connectivity index (χ1n) is 4.39. The van der Waals surface area contributed by atoms with Gasteiger partial charge in [-0.3, -0.25) is 4.90 Å². The fourth-order valence-electron chi connectivity index (χ4n) is 2.09. The van der Waals surface area contributed by atoms with E-state index in [-0.39, 0.29) is 12.1 Å². The molecule has 5 heteroatoms. The van der Waals surface area contributed by atoms with E-state index >= 15 is 0 Å². The Bertz CT molecular complexity index is 173. The maximum Gasteiger partial charge on any atom is 0.407 e. The van der Waals surface area contributed by atoms with E-state index in [1.54, 1.807) is 4.90 Å². The normalized spacial score (nSPS) is 30.8. The minimum Gasteiger partial charge on any atom is -0.465 e. The van der Waals surface area contributed by atoms with Crippen molar-refractivity contribution in [3.8, 4) is 0 Å². The molecule has 0 aromatic heterocycles. The van der Waals surface area contributed by atoms with Crippen LogP contribution in [0.25, 0.3) is 0 Å². The van der Waals surface area contributed by atoms with Gasteiger partial charge in [0.05, 0.1) is 0 Å². The number of carbonyl (C=O) groups is 1. The van der Waals surface area contributed by atoms with Crippen molar-refractivity contribution >= 4 is 28.7 Å². The largest absolute Gasteiger partial charge is 0.465 e. The number of carboxylic acid groups (broad SMARTS) is 1. The van der Waals surface area contributed by atoms with Crippen molar-refractivity contribution in [2.75, 3.05) is 18.0 Å². The molecule has 2 bridgehead atoms. The summed E-state index contributed by atoms with van der Waals surface area (Å²) >= 11 is 2.15. The van der Waals surface area contributed by atoms with Gasteiger partial charge in [-0.2, -0.15) is 0 Å². The lowest BCUT2D eigenvalue weighted by Crippen LogP contribution is -2.53. The van der Waals surface area contributed by atoms with Gasteiger partial charge in [-0.15, -0.1) is 0 Å². The summed E-state index contributed by atoms with van der Waals surface area (Å²) in [5.74, 6) is 0. The molecule has 0 radical (unpaired) electrons. The molecule has 2 aliphatic rings. The van der Waals surface area contributed by atoms with Crippen molar-refractivity contribution in [3.05, 3.63) is 0 Å². The van der Waals surface area contributed by atoms with Crippen molar-refractivity contribution in [2.45, 2.75) is 24.9 Å².